The van der Waals surface area contributed by atoms with Gasteiger partial charge in [0.25, 0.3) is 5.56 Å². The minimum absolute atomic E-state index is 0.0268. The summed E-state index contributed by atoms with van der Waals surface area (Å²) in [5, 5.41) is 9.47. The zero-order chi connectivity index (χ0) is 17.0. The second kappa shape index (κ2) is 7.22. The average Bonchev–Trinajstić information content (AvgIpc) is 2.86. The number of nitrogens with zero attached hydrogens (tertiary/aromatic N) is 3. The lowest BCUT2D eigenvalue weighted by molar-refractivity contribution is 0.204. The van der Waals surface area contributed by atoms with Crippen LogP contribution in [0.15, 0.2) is 11.1 Å². The first kappa shape index (κ1) is 17.6. The number of nitrogens with two attached hydrogens (primary N) is 1. The van der Waals surface area contributed by atoms with Crippen molar-refractivity contribution in [2.45, 2.75) is 19.9 Å². The van der Waals surface area contributed by atoms with Crippen LogP contribution in [0.5, 0.6) is 0 Å². The van der Waals surface area contributed by atoms with E-state index >= 15 is 0 Å². The van der Waals surface area contributed by atoms with Crippen LogP contribution in [0.25, 0.3) is 11.2 Å². The van der Waals surface area contributed by atoms with Crippen molar-refractivity contribution in [2.24, 2.45) is 5.92 Å². The largest absolute Gasteiger partial charge is 0.396 e. The Morgan fingerprint density at radius 1 is 1.57 bits per heavy atom. The van der Waals surface area contributed by atoms with Crippen molar-refractivity contribution in [1.82, 2.24) is 19.5 Å². The monoisotopic (exact) mass is 345 g/mol. The van der Waals surface area contributed by atoms with Gasteiger partial charge in [0.2, 0.25) is 5.95 Å². The Hall–Kier alpha value is -1.74. The fourth-order valence-electron chi connectivity index (χ4n) is 2.23. The first-order valence-electron chi connectivity index (χ1n) is 7.14. The number of rotatable bonds is 8. The van der Waals surface area contributed by atoms with E-state index in [1.165, 1.54) is 6.33 Å². The predicted molar refractivity (Wildman–Crippen MR) is 84.1 cm³/mol. The molecule has 11 heteroatoms. The summed E-state index contributed by atoms with van der Waals surface area (Å²) in [7, 11) is -3.64. The van der Waals surface area contributed by atoms with Crippen molar-refractivity contribution >= 4 is 24.7 Å². The summed E-state index contributed by atoms with van der Waals surface area (Å²) in [5.74, 6) is -0.336. The van der Waals surface area contributed by atoms with Crippen LogP contribution in [0.1, 0.15) is 13.3 Å². The first-order valence-corrected chi connectivity index (χ1v) is 8.90. The van der Waals surface area contributed by atoms with E-state index in [9.17, 15) is 19.4 Å². The van der Waals surface area contributed by atoms with E-state index in [2.05, 4.69) is 15.0 Å². The highest BCUT2D eigenvalue weighted by Gasteiger charge is 2.22. The maximum Gasteiger partial charge on any atom is 0.328 e. The highest BCUT2D eigenvalue weighted by Crippen LogP contribution is 2.43. The molecule has 23 heavy (non-hydrogen) atoms. The summed E-state index contributed by atoms with van der Waals surface area (Å²) in [4.78, 5) is 31.7. The minimum atomic E-state index is -3.64. The van der Waals surface area contributed by atoms with Crippen molar-refractivity contribution in [1.29, 1.82) is 0 Å². The van der Waals surface area contributed by atoms with Gasteiger partial charge in [0.1, 0.15) is 0 Å². The Bertz CT molecular complexity index is 773. The molecule has 0 saturated carbocycles. The van der Waals surface area contributed by atoms with E-state index in [4.69, 9.17) is 10.3 Å². The van der Waals surface area contributed by atoms with Crippen molar-refractivity contribution in [3.63, 3.8) is 0 Å². The summed E-state index contributed by atoms with van der Waals surface area (Å²) in [5.41, 5.74) is 5.54. The predicted octanol–water partition coefficient (Wildman–Crippen LogP) is -0.0777. The van der Waals surface area contributed by atoms with Gasteiger partial charge in [0.15, 0.2) is 11.2 Å². The SMILES string of the molecule is CCOP(=O)(O)CCC(CO)Cn1cnc2c(=O)[nH]c(N)nc21. The van der Waals surface area contributed by atoms with Gasteiger partial charge in [-0.2, -0.15) is 4.98 Å². The van der Waals surface area contributed by atoms with Gasteiger partial charge in [-0.25, -0.2) is 4.98 Å². The van der Waals surface area contributed by atoms with Gasteiger partial charge < -0.3 is 24.8 Å². The van der Waals surface area contributed by atoms with Crippen LogP contribution in [0.3, 0.4) is 0 Å². The molecule has 5 N–H and O–H groups in total. The van der Waals surface area contributed by atoms with Gasteiger partial charge in [-0.05, 0) is 13.3 Å². The molecule has 2 rings (SSSR count). The summed E-state index contributed by atoms with van der Waals surface area (Å²) >= 11 is 0. The van der Waals surface area contributed by atoms with E-state index in [1.807, 2.05) is 0 Å². The molecule has 0 aliphatic rings. The Balaban J connectivity index is 2.13. The van der Waals surface area contributed by atoms with Gasteiger partial charge in [-0.15, -0.1) is 0 Å². The molecular weight excluding hydrogens is 325 g/mol. The van der Waals surface area contributed by atoms with Crippen molar-refractivity contribution in [3.8, 4) is 0 Å². The second-order valence-electron chi connectivity index (χ2n) is 5.14. The highest BCUT2D eigenvalue weighted by atomic mass is 31.2. The van der Waals surface area contributed by atoms with Crippen LogP contribution in [-0.4, -0.2) is 48.9 Å². The molecule has 0 saturated heterocycles. The fourth-order valence-corrected chi connectivity index (χ4v) is 3.46. The Morgan fingerprint density at radius 3 is 2.96 bits per heavy atom. The molecule has 0 aromatic carbocycles. The van der Waals surface area contributed by atoms with E-state index < -0.39 is 13.2 Å². The summed E-state index contributed by atoms with van der Waals surface area (Å²) in [6, 6.07) is 0. The van der Waals surface area contributed by atoms with Crippen LogP contribution in [-0.2, 0) is 15.6 Å². The van der Waals surface area contributed by atoms with Gasteiger partial charge in [0.05, 0.1) is 19.1 Å². The number of aliphatic hydroxyl groups is 1. The Morgan fingerprint density at radius 2 is 2.30 bits per heavy atom. The number of fused-ring (bicyclic) bond motifs is 1. The average molecular weight is 345 g/mol. The standard InChI is InChI=1S/C12H20N5O5P/c1-2-22-23(20,21)4-3-8(6-18)5-17-7-14-9-10(17)15-12(13)16-11(9)19/h7-8,18H,2-6H2,1H3,(H,20,21)(H3,13,15,16,19). The zero-order valence-corrected chi connectivity index (χ0v) is 13.6. The molecule has 128 valence electrons. The molecule has 0 bridgehead atoms. The number of hydrogen-bond acceptors (Lipinski definition) is 7. The third-order valence-corrected chi connectivity index (χ3v) is 4.84. The molecule has 0 aliphatic carbocycles. The van der Waals surface area contributed by atoms with Gasteiger partial charge >= 0.3 is 7.60 Å². The number of nitrogens with one attached hydrogen (secondary N) is 1. The molecule has 0 fully saturated rings. The van der Waals surface area contributed by atoms with Crippen molar-refractivity contribution in [3.05, 3.63) is 16.7 Å². The van der Waals surface area contributed by atoms with E-state index in [1.54, 1.807) is 11.5 Å². The number of anilines is 1. The van der Waals surface area contributed by atoms with Gasteiger partial charge in [-0.1, -0.05) is 0 Å². The van der Waals surface area contributed by atoms with E-state index in [-0.39, 0.29) is 49.7 Å². The molecular formula is C12H20N5O5P. The van der Waals surface area contributed by atoms with Crippen molar-refractivity contribution < 1.29 is 19.1 Å². The molecule has 2 aromatic rings. The van der Waals surface area contributed by atoms with Crippen LogP contribution >= 0.6 is 7.60 Å². The molecule has 2 heterocycles. The van der Waals surface area contributed by atoms with E-state index in [0.29, 0.717) is 5.65 Å². The number of nitrogen functional groups attached to an aromatic ring is 1. The minimum Gasteiger partial charge on any atom is -0.396 e. The number of aromatic amines is 1. The maximum absolute atomic E-state index is 11.7. The number of H-pyrrole nitrogens is 1. The third-order valence-electron chi connectivity index (χ3n) is 3.36. The van der Waals surface area contributed by atoms with Crippen LogP contribution in [0.4, 0.5) is 5.95 Å². The van der Waals surface area contributed by atoms with Crippen LogP contribution < -0.4 is 11.3 Å². The highest BCUT2D eigenvalue weighted by molar-refractivity contribution is 7.52. The molecule has 2 unspecified atom stereocenters. The molecule has 0 radical (unpaired) electrons. The lowest BCUT2D eigenvalue weighted by Crippen LogP contribution is -2.17. The van der Waals surface area contributed by atoms with Crippen LogP contribution in [0.2, 0.25) is 0 Å². The number of aromatic nitrogens is 4. The molecule has 0 spiro atoms. The zero-order valence-electron chi connectivity index (χ0n) is 12.7. The quantitative estimate of drug-likeness (QED) is 0.484. The molecule has 2 atom stereocenters. The lowest BCUT2D eigenvalue weighted by Gasteiger charge is -2.17. The second-order valence-corrected chi connectivity index (χ2v) is 7.12. The maximum atomic E-state index is 11.7. The molecule has 0 amide bonds. The number of imidazole rings is 1. The van der Waals surface area contributed by atoms with Gasteiger partial charge in [0, 0.05) is 19.1 Å². The molecule has 2 aromatic heterocycles. The molecule has 0 aliphatic heterocycles. The molecule has 10 nitrogen and oxygen atoms in total. The topological polar surface area (TPSA) is 156 Å². The van der Waals surface area contributed by atoms with Crippen LogP contribution in [0, 0.1) is 5.92 Å². The normalized spacial score (nSPS) is 15.6. The fraction of sp³-hybridized carbons (Fsp3) is 0.583. The van der Waals surface area contributed by atoms with Crippen molar-refractivity contribution in [2.75, 3.05) is 25.1 Å². The third kappa shape index (κ3) is 4.38. The first-order chi connectivity index (χ1) is 10.9. The number of aliphatic hydroxyl groups excluding tert-OH is 1. The Labute approximate surface area is 131 Å². The van der Waals surface area contributed by atoms with E-state index in [0.717, 1.165) is 0 Å². The summed E-state index contributed by atoms with van der Waals surface area (Å²) in [6.45, 7) is 1.88. The summed E-state index contributed by atoms with van der Waals surface area (Å²) < 4.78 is 18.1. The lowest BCUT2D eigenvalue weighted by atomic mass is 10.1. The Kier molecular flexibility index (Phi) is 5.53. The van der Waals surface area contributed by atoms with Gasteiger partial charge in [-0.3, -0.25) is 14.3 Å². The smallest absolute Gasteiger partial charge is 0.328 e. The summed E-state index contributed by atoms with van der Waals surface area (Å²) in [6.07, 6.45) is 1.65. The number of hydrogen-bond donors (Lipinski definition) is 4.